The molecule has 8 heteroatoms. The molecule has 2 aliphatic rings. The zero-order chi connectivity index (χ0) is 20.0. The number of benzene rings is 1. The summed E-state index contributed by atoms with van der Waals surface area (Å²) < 4.78 is 5.12. The average Bonchev–Trinajstić information content (AvgIpc) is 3.44. The summed E-state index contributed by atoms with van der Waals surface area (Å²) in [5.41, 5.74) is 2.20. The molecule has 5 rings (SSSR count). The average molecular weight is 410 g/mol. The van der Waals surface area contributed by atoms with Crippen LogP contribution in [0, 0.1) is 6.92 Å². The SMILES string of the molecule is Cc1nc(C2(NC(=O)c3cnc(C4CC4)c(-c4cccc(Cl)c4)n3)CCC2)no1. The van der Waals surface area contributed by atoms with Crippen molar-refractivity contribution in [2.24, 2.45) is 0 Å². The lowest BCUT2D eigenvalue weighted by Gasteiger charge is -2.39. The molecule has 2 saturated carbocycles. The minimum absolute atomic E-state index is 0.274. The van der Waals surface area contributed by atoms with Crippen LogP contribution in [0.2, 0.25) is 5.02 Å². The molecule has 1 aromatic carbocycles. The van der Waals surface area contributed by atoms with E-state index in [1.807, 2.05) is 24.3 Å². The van der Waals surface area contributed by atoms with Gasteiger partial charge in [0.25, 0.3) is 5.91 Å². The van der Waals surface area contributed by atoms with Crippen molar-refractivity contribution in [3.63, 3.8) is 0 Å². The topological polar surface area (TPSA) is 93.8 Å². The van der Waals surface area contributed by atoms with Crippen molar-refractivity contribution < 1.29 is 9.32 Å². The molecular formula is C21H20ClN5O2. The molecule has 2 fully saturated rings. The van der Waals surface area contributed by atoms with Gasteiger partial charge in [0.2, 0.25) is 5.89 Å². The molecule has 0 aliphatic heterocycles. The molecule has 0 saturated heterocycles. The second-order valence-electron chi connectivity index (χ2n) is 7.80. The third-order valence-electron chi connectivity index (χ3n) is 5.61. The highest BCUT2D eigenvalue weighted by molar-refractivity contribution is 6.30. The van der Waals surface area contributed by atoms with Crippen molar-refractivity contribution in [2.75, 3.05) is 0 Å². The van der Waals surface area contributed by atoms with Crippen molar-refractivity contribution in [3.05, 3.63) is 58.6 Å². The number of carbonyl (C=O) groups is 1. The Labute approximate surface area is 172 Å². The Kier molecular flexibility index (Phi) is 4.35. The highest BCUT2D eigenvalue weighted by atomic mass is 35.5. The molecule has 2 aliphatic carbocycles. The Morgan fingerprint density at radius 2 is 2.10 bits per heavy atom. The Balaban J connectivity index is 1.48. The van der Waals surface area contributed by atoms with Gasteiger partial charge in [-0.15, -0.1) is 0 Å². The second-order valence-corrected chi connectivity index (χ2v) is 8.24. The standard InChI is InChI=1S/C21H20ClN5O2/c1-12-24-20(27-29-12)21(8-3-9-21)26-19(28)16-11-23-17(13-6-7-13)18(25-16)14-4-2-5-15(22)10-14/h2,4-5,10-11,13H,3,6-9H2,1H3,(H,26,28). The van der Waals surface area contributed by atoms with Crippen LogP contribution in [0.15, 0.2) is 35.0 Å². The van der Waals surface area contributed by atoms with Gasteiger partial charge < -0.3 is 9.84 Å². The zero-order valence-corrected chi connectivity index (χ0v) is 16.7. The number of hydrogen-bond acceptors (Lipinski definition) is 6. The third kappa shape index (κ3) is 3.40. The fourth-order valence-electron chi connectivity index (χ4n) is 3.72. The van der Waals surface area contributed by atoms with E-state index in [4.69, 9.17) is 16.1 Å². The van der Waals surface area contributed by atoms with Gasteiger partial charge >= 0.3 is 0 Å². The van der Waals surface area contributed by atoms with Crippen LogP contribution < -0.4 is 5.32 Å². The summed E-state index contributed by atoms with van der Waals surface area (Å²) >= 11 is 6.18. The maximum atomic E-state index is 13.1. The van der Waals surface area contributed by atoms with E-state index in [-0.39, 0.29) is 11.6 Å². The fraction of sp³-hybridized carbons (Fsp3) is 0.381. The fourth-order valence-corrected chi connectivity index (χ4v) is 3.91. The van der Waals surface area contributed by atoms with Crippen molar-refractivity contribution in [2.45, 2.75) is 50.5 Å². The van der Waals surface area contributed by atoms with Gasteiger partial charge in [0.1, 0.15) is 11.2 Å². The first-order valence-corrected chi connectivity index (χ1v) is 10.2. The van der Waals surface area contributed by atoms with Crippen LogP contribution in [-0.4, -0.2) is 26.0 Å². The minimum Gasteiger partial charge on any atom is -0.340 e. The predicted molar refractivity (Wildman–Crippen MR) is 106 cm³/mol. The molecule has 3 aromatic rings. The number of rotatable bonds is 5. The van der Waals surface area contributed by atoms with Crippen LogP contribution in [0.3, 0.4) is 0 Å². The predicted octanol–water partition coefficient (Wildman–Crippen LogP) is 4.18. The number of nitrogens with zero attached hydrogens (tertiary/aromatic N) is 4. The number of nitrogens with one attached hydrogen (secondary N) is 1. The number of hydrogen-bond donors (Lipinski definition) is 1. The van der Waals surface area contributed by atoms with E-state index in [1.165, 1.54) is 0 Å². The smallest absolute Gasteiger partial charge is 0.272 e. The molecule has 1 amide bonds. The summed E-state index contributed by atoms with van der Waals surface area (Å²) in [5, 5.41) is 7.73. The molecule has 0 unspecified atom stereocenters. The molecule has 7 nitrogen and oxygen atoms in total. The van der Waals surface area contributed by atoms with Crippen LogP contribution in [0.5, 0.6) is 0 Å². The summed E-state index contributed by atoms with van der Waals surface area (Å²) in [5.74, 6) is 1.11. The van der Waals surface area contributed by atoms with E-state index in [1.54, 1.807) is 13.1 Å². The van der Waals surface area contributed by atoms with E-state index in [2.05, 4.69) is 25.4 Å². The Hall–Kier alpha value is -2.80. The normalized spacial score (nSPS) is 17.6. The molecule has 0 atom stereocenters. The lowest BCUT2D eigenvalue weighted by Crippen LogP contribution is -2.51. The van der Waals surface area contributed by atoms with Gasteiger partial charge in [-0.3, -0.25) is 9.78 Å². The molecule has 148 valence electrons. The summed E-state index contributed by atoms with van der Waals surface area (Å²) in [4.78, 5) is 26.7. The molecule has 2 aromatic heterocycles. The van der Waals surface area contributed by atoms with Gasteiger partial charge in [-0.25, -0.2) is 4.98 Å². The van der Waals surface area contributed by atoms with E-state index in [0.717, 1.165) is 49.1 Å². The molecule has 1 N–H and O–H groups in total. The highest BCUT2D eigenvalue weighted by Gasteiger charge is 2.44. The first-order valence-electron chi connectivity index (χ1n) is 9.80. The number of aromatic nitrogens is 4. The van der Waals surface area contributed by atoms with Gasteiger partial charge in [-0.05, 0) is 44.2 Å². The maximum absolute atomic E-state index is 13.1. The number of aryl methyl sites for hydroxylation is 1. The maximum Gasteiger partial charge on any atom is 0.272 e. The van der Waals surface area contributed by atoms with Gasteiger partial charge in [0, 0.05) is 23.4 Å². The monoisotopic (exact) mass is 409 g/mol. The molecule has 0 bridgehead atoms. The first-order chi connectivity index (χ1) is 14.0. The molecule has 0 spiro atoms. The Morgan fingerprint density at radius 3 is 2.72 bits per heavy atom. The van der Waals surface area contributed by atoms with Crippen molar-refractivity contribution in [3.8, 4) is 11.3 Å². The van der Waals surface area contributed by atoms with Crippen LogP contribution >= 0.6 is 11.6 Å². The van der Waals surface area contributed by atoms with Gasteiger partial charge in [-0.1, -0.05) is 28.9 Å². The van der Waals surface area contributed by atoms with Crippen molar-refractivity contribution >= 4 is 17.5 Å². The van der Waals surface area contributed by atoms with E-state index in [0.29, 0.717) is 22.7 Å². The van der Waals surface area contributed by atoms with E-state index >= 15 is 0 Å². The Bertz CT molecular complexity index is 1090. The van der Waals surface area contributed by atoms with Gasteiger partial charge in [0.15, 0.2) is 5.82 Å². The van der Waals surface area contributed by atoms with Crippen LogP contribution in [0.4, 0.5) is 0 Å². The molecule has 2 heterocycles. The largest absolute Gasteiger partial charge is 0.340 e. The van der Waals surface area contributed by atoms with Crippen LogP contribution in [0.25, 0.3) is 11.3 Å². The lowest BCUT2D eigenvalue weighted by molar-refractivity contribution is 0.0799. The second kappa shape index (κ2) is 6.91. The summed E-state index contributed by atoms with van der Waals surface area (Å²) in [7, 11) is 0. The van der Waals surface area contributed by atoms with E-state index < -0.39 is 5.54 Å². The van der Waals surface area contributed by atoms with E-state index in [9.17, 15) is 4.79 Å². The van der Waals surface area contributed by atoms with Gasteiger partial charge in [0.05, 0.1) is 17.6 Å². The van der Waals surface area contributed by atoms with Crippen LogP contribution in [0.1, 0.15) is 65.9 Å². The molecular weight excluding hydrogens is 390 g/mol. The third-order valence-corrected chi connectivity index (χ3v) is 5.85. The zero-order valence-electron chi connectivity index (χ0n) is 16.0. The first kappa shape index (κ1) is 18.2. The lowest BCUT2D eigenvalue weighted by atomic mass is 9.76. The van der Waals surface area contributed by atoms with Crippen molar-refractivity contribution in [1.82, 2.24) is 25.4 Å². The summed E-state index contributed by atoms with van der Waals surface area (Å²) in [6.07, 6.45) is 6.28. The molecule has 0 radical (unpaired) electrons. The number of carbonyl (C=O) groups excluding carboxylic acids is 1. The summed E-state index contributed by atoms with van der Waals surface area (Å²) in [6.45, 7) is 1.74. The minimum atomic E-state index is -0.595. The number of amides is 1. The number of halogens is 1. The quantitative estimate of drug-likeness (QED) is 0.679. The van der Waals surface area contributed by atoms with Crippen molar-refractivity contribution in [1.29, 1.82) is 0 Å². The molecule has 29 heavy (non-hydrogen) atoms. The van der Waals surface area contributed by atoms with Gasteiger partial charge in [-0.2, -0.15) is 4.98 Å². The van der Waals surface area contributed by atoms with Crippen LogP contribution in [-0.2, 0) is 5.54 Å². The highest BCUT2D eigenvalue weighted by Crippen LogP contribution is 2.43. The summed E-state index contributed by atoms with van der Waals surface area (Å²) in [6, 6.07) is 7.50. The Morgan fingerprint density at radius 1 is 1.28 bits per heavy atom.